The van der Waals surface area contributed by atoms with Crippen molar-refractivity contribution < 1.29 is 9.59 Å². The number of nitrogens with two attached hydrogens (primary N) is 1. The molecular formula is C20H19N3O2S. The molecule has 1 aliphatic rings. The van der Waals surface area contributed by atoms with E-state index in [0.717, 1.165) is 52.6 Å². The smallest absolute Gasteiger partial charge is 0.275 e. The minimum atomic E-state index is -0.484. The number of hydrogen-bond donors (Lipinski definition) is 2. The van der Waals surface area contributed by atoms with Gasteiger partial charge in [-0.15, -0.1) is 11.3 Å². The van der Waals surface area contributed by atoms with E-state index in [1.165, 1.54) is 11.3 Å². The maximum Gasteiger partial charge on any atom is 0.275 e. The molecule has 1 aliphatic carbocycles. The Labute approximate surface area is 155 Å². The number of primary amides is 1. The Hall–Kier alpha value is -2.73. The number of fused-ring (bicyclic) bond motifs is 2. The van der Waals surface area contributed by atoms with E-state index < -0.39 is 5.91 Å². The SMILES string of the molecule is Cc1cc2ccccc2c(C(=O)Nc2sc3c(c2C(N)=O)CCCC3)n1. The summed E-state index contributed by atoms with van der Waals surface area (Å²) >= 11 is 1.46. The number of benzene rings is 1. The third-order valence-electron chi connectivity index (χ3n) is 4.73. The highest BCUT2D eigenvalue weighted by atomic mass is 32.1. The zero-order valence-corrected chi connectivity index (χ0v) is 15.3. The molecule has 2 amide bonds. The minimum Gasteiger partial charge on any atom is -0.365 e. The summed E-state index contributed by atoms with van der Waals surface area (Å²) in [7, 11) is 0. The van der Waals surface area contributed by atoms with Gasteiger partial charge in [-0.25, -0.2) is 4.98 Å². The lowest BCUT2D eigenvalue weighted by Gasteiger charge is -2.11. The molecular weight excluding hydrogens is 346 g/mol. The average molecular weight is 365 g/mol. The lowest BCUT2D eigenvalue weighted by molar-refractivity contribution is 0.100. The summed E-state index contributed by atoms with van der Waals surface area (Å²) in [5.74, 6) is -0.798. The first-order valence-corrected chi connectivity index (χ1v) is 9.48. The zero-order valence-electron chi connectivity index (χ0n) is 14.5. The maximum atomic E-state index is 12.9. The van der Waals surface area contributed by atoms with Crippen molar-refractivity contribution in [2.45, 2.75) is 32.6 Å². The number of nitrogens with one attached hydrogen (secondary N) is 1. The van der Waals surface area contributed by atoms with Gasteiger partial charge in [0, 0.05) is 16.0 Å². The van der Waals surface area contributed by atoms with Crippen LogP contribution < -0.4 is 11.1 Å². The zero-order chi connectivity index (χ0) is 18.3. The number of aromatic nitrogens is 1. The molecule has 132 valence electrons. The number of anilines is 1. The van der Waals surface area contributed by atoms with Crippen molar-refractivity contribution in [3.8, 4) is 0 Å². The van der Waals surface area contributed by atoms with Crippen LogP contribution in [0, 0.1) is 6.92 Å². The van der Waals surface area contributed by atoms with Gasteiger partial charge in [-0.1, -0.05) is 24.3 Å². The van der Waals surface area contributed by atoms with Crippen LogP contribution in [0.4, 0.5) is 5.00 Å². The molecule has 2 aromatic heterocycles. The maximum absolute atomic E-state index is 12.9. The van der Waals surface area contributed by atoms with Crippen LogP contribution in [0.5, 0.6) is 0 Å². The fourth-order valence-corrected chi connectivity index (χ4v) is 4.87. The first kappa shape index (κ1) is 16.7. The Morgan fingerprint density at radius 3 is 2.77 bits per heavy atom. The van der Waals surface area contributed by atoms with Gasteiger partial charge in [-0.3, -0.25) is 9.59 Å². The molecule has 5 nitrogen and oxygen atoms in total. The van der Waals surface area contributed by atoms with E-state index in [-0.39, 0.29) is 5.91 Å². The Morgan fingerprint density at radius 2 is 1.96 bits per heavy atom. The van der Waals surface area contributed by atoms with Crippen LogP contribution in [0.1, 0.15) is 49.8 Å². The van der Waals surface area contributed by atoms with Gasteiger partial charge in [0.15, 0.2) is 0 Å². The molecule has 1 aromatic carbocycles. The predicted molar refractivity (Wildman–Crippen MR) is 104 cm³/mol. The van der Waals surface area contributed by atoms with Crippen molar-refractivity contribution in [2.75, 3.05) is 5.32 Å². The summed E-state index contributed by atoms with van der Waals surface area (Å²) in [5.41, 5.74) is 8.22. The van der Waals surface area contributed by atoms with Crippen molar-refractivity contribution in [3.63, 3.8) is 0 Å². The third-order valence-corrected chi connectivity index (χ3v) is 5.94. The number of carbonyl (C=O) groups is 2. The molecule has 0 bridgehead atoms. The molecule has 0 unspecified atom stereocenters. The van der Waals surface area contributed by atoms with Crippen LogP contribution >= 0.6 is 11.3 Å². The highest BCUT2D eigenvalue weighted by molar-refractivity contribution is 7.17. The summed E-state index contributed by atoms with van der Waals surface area (Å²) < 4.78 is 0. The van der Waals surface area contributed by atoms with Crippen LogP contribution in [0.2, 0.25) is 0 Å². The van der Waals surface area contributed by atoms with Gasteiger partial charge in [0.2, 0.25) is 0 Å². The second-order valence-corrected chi connectivity index (χ2v) is 7.67. The second-order valence-electron chi connectivity index (χ2n) is 6.57. The molecule has 0 saturated heterocycles. The van der Waals surface area contributed by atoms with Crippen LogP contribution in [-0.4, -0.2) is 16.8 Å². The average Bonchev–Trinajstić information content (AvgIpc) is 2.98. The van der Waals surface area contributed by atoms with E-state index in [1.54, 1.807) is 0 Å². The van der Waals surface area contributed by atoms with Crippen molar-refractivity contribution in [3.05, 3.63) is 57.7 Å². The molecule has 3 aromatic rings. The van der Waals surface area contributed by atoms with E-state index in [1.807, 2.05) is 37.3 Å². The summed E-state index contributed by atoms with van der Waals surface area (Å²) in [6, 6.07) is 9.60. The van der Waals surface area contributed by atoms with Gasteiger partial charge in [0.25, 0.3) is 11.8 Å². The summed E-state index contributed by atoms with van der Waals surface area (Å²) in [5, 5.41) is 5.20. The Morgan fingerprint density at radius 1 is 1.19 bits per heavy atom. The Balaban J connectivity index is 1.76. The largest absolute Gasteiger partial charge is 0.365 e. The predicted octanol–water partition coefficient (Wildman–Crippen LogP) is 3.83. The van der Waals surface area contributed by atoms with Crippen molar-refractivity contribution in [1.82, 2.24) is 4.98 Å². The highest BCUT2D eigenvalue weighted by Crippen LogP contribution is 2.38. The van der Waals surface area contributed by atoms with Crippen molar-refractivity contribution in [2.24, 2.45) is 5.73 Å². The molecule has 0 atom stereocenters. The molecule has 0 fully saturated rings. The van der Waals surface area contributed by atoms with Gasteiger partial charge in [-0.05, 0) is 49.6 Å². The van der Waals surface area contributed by atoms with E-state index in [0.29, 0.717) is 16.3 Å². The number of amides is 2. The first-order valence-electron chi connectivity index (χ1n) is 8.66. The molecule has 4 rings (SSSR count). The van der Waals surface area contributed by atoms with Crippen molar-refractivity contribution in [1.29, 1.82) is 0 Å². The summed E-state index contributed by atoms with van der Waals surface area (Å²) in [6.45, 7) is 1.86. The molecule has 0 radical (unpaired) electrons. The standard InChI is InChI=1S/C20H19N3O2S/c1-11-10-12-6-2-3-7-13(12)17(22-11)19(25)23-20-16(18(21)24)14-8-4-5-9-15(14)26-20/h2-3,6-7,10H,4-5,8-9H2,1H3,(H2,21,24)(H,23,25). The molecule has 2 heterocycles. The summed E-state index contributed by atoms with van der Waals surface area (Å²) in [6.07, 6.45) is 3.91. The van der Waals surface area contributed by atoms with Gasteiger partial charge in [-0.2, -0.15) is 0 Å². The number of hydrogen-bond acceptors (Lipinski definition) is 4. The lowest BCUT2D eigenvalue weighted by Crippen LogP contribution is -2.19. The molecule has 6 heteroatoms. The second kappa shape index (κ2) is 6.53. The molecule has 0 aliphatic heterocycles. The normalized spacial score (nSPS) is 13.4. The Bertz CT molecular complexity index is 1040. The van der Waals surface area contributed by atoms with Crippen LogP contribution in [0.25, 0.3) is 10.8 Å². The van der Waals surface area contributed by atoms with Crippen LogP contribution in [0.15, 0.2) is 30.3 Å². The van der Waals surface area contributed by atoms with E-state index >= 15 is 0 Å². The van der Waals surface area contributed by atoms with Crippen LogP contribution in [0.3, 0.4) is 0 Å². The van der Waals surface area contributed by atoms with Gasteiger partial charge < -0.3 is 11.1 Å². The third kappa shape index (κ3) is 2.86. The molecule has 0 saturated carbocycles. The Kier molecular flexibility index (Phi) is 4.20. The van der Waals surface area contributed by atoms with Crippen molar-refractivity contribution >= 4 is 38.9 Å². The molecule has 3 N–H and O–H groups in total. The van der Waals surface area contributed by atoms with E-state index in [2.05, 4.69) is 10.3 Å². The lowest BCUT2D eigenvalue weighted by atomic mass is 9.95. The fraction of sp³-hybridized carbons (Fsp3) is 0.250. The highest BCUT2D eigenvalue weighted by Gasteiger charge is 2.25. The number of pyridine rings is 1. The topological polar surface area (TPSA) is 85.1 Å². The molecule has 0 spiro atoms. The number of thiophene rings is 1. The number of aryl methyl sites for hydroxylation is 2. The summed E-state index contributed by atoms with van der Waals surface area (Å²) in [4.78, 5) is 30.5. The van der Waals surface area contributed by atoms with Gasteiger partial charge in [0.05, 0.1) is 5.56 Å². The van der Waals surface area contributed by atoms with Crippen LogP contribution in [-0.2, 0) is 12.8 Å². The van der Waals surface area contributed by atoms with E-state index in [4.69, 9.17) is 5.73 Å². The molecule has 26 heavy (non-hydrogen) atoms. The fourth-order valence-electron chi connectivity index (χ4n) is 3.58. The first-order chi connectivity index (χ1) is 12.5. The quantitative estimate of drug-likeness (QED) is 0.739. The van der Waals surface area contributed by atoms with E-state index in [9.17, 15) is 9.59 Å². The number of carbonyl (C=O) groups excluding carboxylic acids is 2. The van der Waals surface area contributed by atoms with Gasteiger partial charge >= 0.3 is 0 Å². The number of nitrogens with zero attached hydrogens (tertiary/aromatic N) is 1. The minimum absolute atomic E-state index is 0.314. The number of rotatable bonds is 3. The van der Waals surface area contributed by atoms with Gasteiger partial charge in [0.1, 0.15) is 10.7 Å². The monoisotopic (exact) mass is 365 g/mol.